The number of carbonyl (C=O) groups is 2. The minimum Gasteiger partial charge on any atom is -0.451 e. The number of alkyl halides is 3. The Morgan fingerprint density at radius 3 is 2.32 bits per heavy atom. The molecule has 0 saturated carbocycles. The number of rotatable bonds is 5. The molecule has 0 radical (unpaired) electrons. The van der Waals surface area contributed by atoms with Crippen molar-refractivity contribution in [1.82, 2.24) is 4.98 Å². The van der Waals surface area contributed by atoms with Crippen LogP contribution in [0.4, 0.5) is 13.2 Å². The highest BCUT2D eigenvalue weighted by atomic mass is 19.4. The third-order valence-electron chi connectivity index (χ3n) is 4.12. The maximum Gasteiger partial charge on any atom is 0.573 e. The maximum absolute atomic E-state index is 12.8. The van der Waals surface area contributed by atoms with Crippen molar-refractivity contribution in [3.8, 4) is 5.75 Å². The number of ether oxygens (including phenoxy) is 2. The molecule has 0 fully saturated rings. The predicted molar refractivity (Wildman–Crippen MR) is 95.4 cm³/mol. The van der Waals surface area contributed by atoms with Gasteiger partial charge in [-0.2, -0.15) is 0 Å². The number of carbonyl (C=O) groups excluding carboxylic acids is 2. The lowest BCUT2D eigenvalue weighted by molar-refractivity contribution is -0.274. The van der Waals surface area contributed by atoms with Crippen LogP contribution in [0.3, 0.4) is 0 Å². The van der Waals surface area contributed by atoms with Gasteiger partial charge in [0.2, 0.25) is 5.78 Å². The van der Waals surface area contributed by atoms with Gasteiger partial charge in [-0.25, -0.2) is 4.79 Å². The third-order valence-corrected chi connectivity index (χ3v) is 4.12. The summed E-state index contributed by atoms with van der Waals surface area (Å²) >= 11 is 0. The number of H-pyrrole nitrogens is 1. The van der Waals surface area contributed by atoms with Gasteiger partial charge in [0.15, 0.2) is 6.10 Å². The van der Waals surface area contributed by atoms with Crippen molar-refractivity contribution in [2.45, 2.75) is 26.3 Å². The van der Waals surface area contributed by atoms with Gasteiger partial charge >= 0.3 is 12.3 Å². The largest absolute Gasteiger partial charge is 0.573 e. The number of para-hydroxylation sites is 1. The Balaban J connectivity index is 1.73. The highest BCUT2D eigenvalue weighted by Gasteiger charge is 2.31. The van der Waals surface area contributed by atoms with Gasteiger partial charge in [-0.3, -0.25) is 4.79 Å². The van der Waals surface area contributed by atoms with E-state index in [4.69, 9.17) is 4.74 Å². The van der Waals surface area contributed by atoms with E-state index in [1.165, 1.54) is 6.92 Å². The number of nitrogens with one attached hydrogen (secondary N) is 1. The van der Waals surface area contributed by atoms with Crippen LogP contribution >= 0.6 is 0 Å². The summed E-state index contributed by atoms with van der Waals surface area (Å²) in [5.74, 6) is -1.65. The quantitative estimate of drug-likeness (QED) is 0.501. The maximum atomic E-state index is 12.8. The first kappa shape index (κ1) is 19.5. The lowest BCUT2D eigenvalue weighted by Gasteiger charge is -2.13. The molecular weight excluding hydrogens is 375 g/mol. The second-order valence-corrected chi connectivity index (χ2v) is 6.15. The predicted octanol–water partition coefficient (Wildman–Crippen LogP) is 4.80. The summed E-state index contributed by atoms with van der Waals surface area (Å²) in [6.07, 6.45) is -5.89. The Kier molecular flexibility index (Phi) is 5.13. The van der Waals surface area contributed by atoms with Crippen LogP contribution < -0.4 is 4.74 Å². The van der Waals surface area contributed by atoms with Crippen LogP contribution in [-0.4, -0.2) is 29.2 Å². The van der Waals surface area contributed by atoms with Crippen LogP contribution in [-0.2, 0) is 4.74 Å². The molecule has 28 heavy (non-hydrogen) atoms. The zero-order chi connectivity index (χ0) is 20.5. The average molecular weight is 391 g/mol. The minimum atomic E-state index is -4.82. The van der Waals surface area contributed by atoms with Crippen LogP contribution in [0.2, 0.25) is 0 Å². The van der Waals surface area contributed by atoms with Crippen LogP contribution in [0.5, 0.6) is 5.75 Å². The zero-order valence-electron chi connectivity index (χ0n) is 15.0. The number of aromatic nitrogens is 1. The summed E-state index contributed by atoms with van der Waals surface area (Å²) in [6.45, 7) is 3.20. The average Bonchev–Trinajstić information content (AvgIpc) is 2.95. The topological polar surface area (TPSA) is 68.4 Å². The molecule has 5 nitrogen and oxygen atoms in total. The molecule has 0 amide bonds. The van der Waals surface area contributed by atoms with Gasteiger partial charge in [0.05, 0.1) is 5.56 Å². The fraction of sp³-hybridized carbons (Fsp3) is 0.200. The van der Waals surface area contributed by atoms with Crippen molar-refractivity contribution in [1.29, 1.82) is 0 Å². The summed E-state index contributed by atoms with van der Waals surface area (Å²) in [5.41, 5.74) is 1.89. The molecule has 1 heterocycles. The lowest BCUT2D eigenvalue weighted by Crippen LogP contribution is -2.25. The number of hydrogen-bond acceptors (Lipinski definition) is 4. The number of hydrogen-bond donors (Lipinski definition) is 1. The van der Waals surface area contributed by atoms with Crippen molar-refractivity contribution in [3.05, 3.63) is 65.4 Å². The Bertz CT molecular complexity index is 1020. The van der Waals surface area contributed by atoms with Crippen LogP contribution in [0.25, 0.3) is 10.9 Å². The first-order valence-electron chi connectivity index (χ1n) is 8.34. The first-order valence-corrected chi connectivity index (χ1v) is 8.34. The molecule has 0 aliphatic rings. The van der Waals surface area contributed by atoms with Crippen LogP contribution in [0, 0.1) is 6.92 Å². The van der Waals surface area contributed by atoms with E-state index in [0.717, 1.165) is 35.2 Å². The standard InChI is InChI=1S/C20H16F3NO4/c1-11-17(15-5-3-4-6-16(15)24-11)18(25)12(2)27-19(26)13-7-9-14(10-8-13)28-20(21,22)23/h3-10,12,24H,1-2H3/t12-/m1/s1. The molecule has 3 aromatic rings. The van der Waals surface area contributed by atoms with E-state index >= 15 is 0 Å². The van der Waals surface area contributed by atoms with Crippen molar-refractivity contribution < 1.29 is 32.2 Å². The van der Waals surface area contributed by atoms with E-state index in [2.05, 4.69) is 9.72 Å². The van der Waals surface area contributed by atoms with Gasteiger partial charge in [-0.05, 0) is 44.2 Å². The second kappa shape index (κ2) is 7.38. The number of halogens is 3. The van der Waals surface area contributed by atoms with Gasteiger partial charge in [0.25, 0.3) is 0 Å². The molecule has 0 spiro atoms. The van der Waals surface area contributed by atoms with Gasteiger partial charge in [0.1, 0.15) is 5.75 Å². The normalized spacial score (nSPS) is 12.6. The highest BCUT2D eigenvalue weighted by Crippen LogP contribution is 2.25. The fourth-order valence-corrected chi connectivity index (χ4v) is 2.87. The second-order valence-electron chi connectivity index (χ2n) is 6.15. The van der Waals surface area contributed by atoms with E-state index in [1.54, 1.807) is 19.1 Å². The van der Waals surface area contributed by atoms with E-state index < -0.39 is 24.2 Å². The molecule has 0 bridgehead atoms. The number of aryl methyl sites for hydroxylation is 1. The zero-order valence-corrected chi connectivity index (χ0v) is 15.0. The SMILES string of the molecule is Cc1[nH]c2ccccc2c1C(=O)[C@@H](C)OC(=O)c1ccc(OC(F)(F)F)cc1. The highest BCUT2D eigenvalue weighted by molar-refractivity contribution is 6.11. The molecule has 1 atom stereocenters. The van der Waals surface area contributed by atoms with Gasteiger partial charge < -0.3 is 14.5 Å². The van der Waals surface area contributed by atoms with E-state index in [-0.39, 0.29) is 11.3 Å². The molecule has 0 aliphatic heterocycles. The summed E-state index contributed by atoms with van der Waals surface area (Å²) < 4.78 is 45.5. The van der Waals surface area contributed by atoms with E-state index in [9.17, 15) is 22.8 Å². The third kappa shape index (κ3) is 4.16. The first-order chi connectivity index (χ1) is 13.2. The number of Topliss-reactive ketones (excluding diaryl/α,β-unsaturated/α-hetero) is 1. The minimum absolute atomic E-state index is 0.00447. The van der Waals surface area contributed by atoms with Gasteiger partial charge in [-0.15, -0.1) is 13.2 Å². The van der Waals surface area contributed by atoms with Crippen molar-refractivity contribution in [2.75, 3.05) is 0 Å². The summed E-state index contributed by atoms with van der Waals surface area (Å²) in [5, 5.41) is 0.724. The Labute approximate surface area is 158 Å². The Morgan fingerprint density at radius 2 is 1.68 bits per heavy atom. The molecule has 1 N–H and O–H groups in total. The summed E-state index contributed by atoms with van der Waals surface area (Å²) in [7, 11) is 0. The van der Waals surface area contributed by atoms with Crippen molar-refractivity contribution >= 4 is 22.7 Å². The number of fused-ring (bicyclic) bond motifs is 1. The van der Waals surface area contributed by atoms with E-state index in [1.807, 2.05) is 12.1 Å². The fourth-order valence-electron chi connectivity index (χ4n) is 2.87. The van der Waals surface area contributed by atoms with Crippen molar-refractivity contribution in [3.63, 3.8) is 0 Å². The molecule has 8 heteroatoms. The van der Waals surface area contributed by atoms with Gasteiger partial charge in [0, 0.05) is 22.2 Å². The molecule has 3 rings (SSSR count). The summed E-state index contributed by atoms with van der Waals surface area (Å²) in [4.78, 5) is 28.1. The van der Waals surface area contributed by atoms with E-state index in [0.29, 0.717) is 11.3 Å². The summed E-state index contributed by atoms with van der Waals surface area (Å²) in [6, 6.07) is 11.5. The van der Waals surface area contributed by atoms with Crippen molar-refractivity contribution in [2.24, 2.45) is 0 Å². The molecule has 0 aliphatic carbocycles. The van der Waals surface area contributed by atoms with Gasteiger partial charge in [-0.1, -0.05) is 18.2 Å². The monoisotopic (exact) mass is 391 g/mol. The number of esters is 1. The molecule has 1 aromatic heterocycles. The number of aromatic amines is 1. The number of ketones is 1. The smallest absolute Gasteiger partial charge is 0.451 e. The Hall–Kier alpha value is -3.29. The van der Waals surface area contributed by atoms with Crippen LogP contribution in [0.1, 0.15) is 33.3 Å². The molecule has 0 unspecified atom stereocenters. The molecule has 146 valence electrons. The van der Waals surface area contributed by atoms with Crippen LogP contribution in [0.15, 0.2) is 48.5 Å². The number of benzene rings is 2. The lowest BCUT2D eigenvalue weighted by atomic mass is 10.0. The molecule has 2 aromatic carbocycles. The molecular formula is C20H16F3NO4. The molecule has 0 saturated heterocycles. The Morgan fingerprint density at radius 1 is 1.04 bits per heavy atom.